The average molecular weight is 893 g/mol. The van der Waals surface area contributed by atoms with Crippen molar-refractivity contribution in [2.24, 2.45) is 0 Å². The molecule has 0 saturated carbocycles. The number of carbonyl (C=O) groups excluding carboxylic acids is 1. The highest BCUT2D eigenvalue weighted by atomic mass is 16.7. The van der Waals surface area contributed by atoms with E-state index >= 15 is 0 Å². The molecule has 1 aliphatic rings. The first kappa shape index (κ1) is 59.4. The summed E-state index contributed by atoms with van der Waals surface area (Å²) in [7, 11) is 0. The highest BCUT2D eigenvalue weighted by molar-refractivity contribution is 5.69. The molecule has 0 aliphatic carbocycles. The van der Waals surface area contributed by atoms with Gasteiger partial charge in [-0.2, -0.15) is 0 Å². The molecule has 0 aromatic rings. The molecule has 4 N–H and O–H groups in total. The second kappa shape index (κ2) is 45.6. The lowest BCUT2D eigenvalue weighted by Crippen LogP contribution is -2.59. The molecule has 9 heteroatoms. The molecule has 0 radical (unpaired) electrons. The van der Waals surface area contributed by atoms with E-state index in [1.54, 1.807) is 0 Å². The van der Waals surface area contributed by atoms with Crippen LogP contribution in [-0.4, -0.2) is 89.6 Å². The number of hydrogen-bond acceptors (Lipinski definition) is 9. The van der Waals surface area contributed by atoms with Crippen molar-refractivity contribution in [3.8, 4) is 0 Å². The second-order valence-electron chi connectivity index (χ2n) is 18.3. The van der Waals surface area contributed by atoms with Gasteiger partial charge in [-0.1, -0.05) is 224 Å². The maximum absolute atomic E-state index is 12.8. The van der Waals surface area contributed by atoms with Crippen LogP contribution in [0.1, 0.15) is 239 Å². The van der Waals surface area contributed by atoms with Crippen molar-refractivity contribution in [2.75, 3.05) is 26.4 Å². The van der Waals surface area contributed by atoms with Crippen LogP contribution < -0.4 is 0 Å². The van der Waals surface area contributed by atoms with E-state index in [-0.39, 0.29) is 19.2 Å². The molecular formula is C54H100O9. The molecule has 0 spiro atoms. The summed E-state index contributed by atoms with van der Waals surface area (Å²) in [6.07, 6.45) is 49.1. The van der Waals surface area contributed by atoms with Gasteiger partial charge in [-0.05, 0) is 44.9 Å². The Labute approximate surface area is 387 Å². The number of aliphatic hydroxyl groups is 4. The Kier molecular flexibility index (Phi) is 43.0. The summed E-state index contributed by atoms with van der Waals surface area (Å²) in [5.74, 6) is -0.327. The van der Waals surface area contributed by atoms with Crippen molar-refractivity contribution < 1.29 is 44.2 Å². The zero-order valence-electron chi connectivity index (χ0n) is 40.8. The molecule has 1 aliphatic heterocycles. The fraction of sp³-hybridized carbons (Fsp3) is 0.870. The van der Waals surface area contributed by atoms with Gasteiger partial charge in [0.1, 0.15) is 30.5 Å². The normalized spacial score (nSPS) is 19.9. The summed E-state index contributed by atoms with van der Waals surface area (Å²) in [6, 6.07) is 0. The van der Waals surface area contributed by atoms with Gasteiger partial charge in [0.25, 0.3) is 0 Å². The Balaban J connectivity index is 2.15. The lowest BCUT2D eigenvalue weighted by Gasteiger charge is -2.39. The molecule has 63 heavy (non-hydrogen) atoms. The number of ether oxygens (including phenoxy) is 4. The topological polar surface area (TPSA) is 135 Å². The standard InChI is InChI=1S/C54H100O9/c1-3-5-7-9-11-13-15-17-19-20-21-22-23-24-25-26-27-28-30-32-34-36-38-40-42-44-60-46-48(47-61-54-53(59)52(58)51(57)49(45-55)63-54)62-50(56)43-41-39-37-35-33-31-29-18-16-14-12-10-8-6-4-2/h6,8,12,14,18,29,48-49,51-55,57-59H,3-5,7,9-11,13,15-17,19-28,30-47H2,1-2H3/b8-6-,14-12-,29-18-. The van der Waals surface area contributed by atoms with Crippen LogP contribution in [0.15, 0.2) is 36.5 Å². The highest BCUT2D eigenvalue weighted by Gasteiger charge is 2.44. The van der Waals surface area contributed by atoms with E-state index in [1.807, 2.05) is 0 Å². The van der Waals surface area contributed by atoms with E-state index in [9.17, 15) is 25.2 Å². The van der Waals surface area contributed by atoms with E-state index in [4.69, 9.17) is 18.9 Å². The predicted octanol–water partition coefficient (Wildman–Crippen LogP) is 13.1. The third kappa shape index (κ3) is 36.2. The Morgan fingerprint density at radius 1 is 0.524 bits per heavy atom. The second-order valence-corrected chi connectivity index (χ2v) is 18.3. The number of rotatable bonds is 46. The van der Waals surface area contributed by atoms with E-state index in [0.717, 1.165) is 70.6 Å². The average Bonchev–Trinajstić information content (AvgIpc) is 3.28. The van der Waals surface area contributed by atoms with Crippen LogP contribution >= 0.6 is 0 Å². The summed E-state index contributed by atoms with van der Waals surface area (Å²) in [4.78, 5) is 12.8. The number of allylic oxidation sites excluding steroid dienone is 6. The predicted molar refractivity (Wildman–Crippen MR) is 261 cm³/mol. The van der Waals surface area contributed by atoms with E-state index < -0.39 is 43.4 Å². The first-order chi connectivity index (χ1) is 30.9. The van der Waals surface area contributed by atoms with Gasteiger partial charge in [-0.3, -0.25) is 4.79 Å². The SMILES string of the molecule is CC/C=C\C/C=C\C/C=C\CCCCCCCC(=O)OC(COCCCCCCCCCCCCCCCCCCCCCCCCCCC)COC1OC(CO)C(O)C(O)C1O. The zero-order chi connectivity index (χ0) is 45.7. The van der Waals surface area contributed by atoms with Gasteiger partial charge in [0, 0.05) is 13.0 Å². The molecule has 370 valence electrons. The van der Waals surface area contributed by atoms with Crippen LogP contribution in [0.5, 0.6) is 0 Å². The zero-order valence-corrected chi connectivity index (χ0v) is 40.8. The van der Waals surface area contributed by atoms with Gasteiger partial charge < -0.3 is 39.4 Å². The summed E-state index contributed by atoms with van der Waals surface area (Å²) < 4.78 is 22.9. The Morgan fingerprint density at radius 3 is 1.46 bits per heavy atom. The van der Waals surface area contributed by atoms with Crippen LogP contribution in [-0.2, 0) is 23.7 Å². The van der Waals surface area contributed by atoms with Crippen LogP contribution in [0.2, 0.25) is 0 Å². The molecule has 9 nitrogen and oxygen atoms in total. The highest BCUT2D eigenvalue weighted by Crippen LogP contribution is 2.23. The summed E-state index contributed by atoms with van der Waals surface area (Å²) in [5, 5.41) is 40.2. The molecule has 1 saturated heterocycles. The van der Waals surface area contributed by atoms with Gasteiger partial charge in [-0.25, -0.2) is 0 Å². The van der Waals surface area contributed by atoms with Crippen LogP contribution in [0.25, 0.3) is 0 Å². The molecule has 0 aromatic heterocycles. The number of unbranched alkanes of at least 4 members (excludes halogenated alkanes) is 29. The van der Waals surface area contributed by atoms with Gasteiger partial charge in [0.2, 0.25) is 0 Å². The van der Waals surface area contributed by atoms with Gasteiger partial charge in [-0.15, -0.1) is 0 Å². The minimum atomic E-state index is -1.54. The number of esters is 1. The molecule has 6 atom stereocenters. The minimum Gasteiger partial charge on any atom is -0.457 e. The van der Waals surface area contributed by atoms with Crippen molar-refractivity contribution in [2.45, 2.75) is 275 Å². The van der Waals surface area contributed by atoms with Crippen LogP contribution in [0.3, 0.4) is 0 Å². The van der Waals surface area contributed by atoms with Crippen molar-refractivity contribution in [3.63, 3.8) is 0 Å². The fourth-order valence-corrected chi connectivity index (χ4v) is 8.21. The molecular weight excluding hydrogens is 793 g/mol. The summed E-state index contributed by atoms with van der Waals surface area (Å²) in [6.45, 7) is 4.47. The maximum atomic E-state index is 12.8. The maximum Gasteiger partial charge on any atom is 0.306 e. The molecule has 0 amide bonds. The minimum absolute atomic E-state index is 0.118. The fourth-order valence-electron chi connectivity index (χ4n) is 8.21. The van der Waals surface area contributed by atoms with Crippen molar-refractivity contribution in [1.29, 1.82) is 0 Å². The number of aliphatic hydroxyl groups excluding tert-OH is 4. The van der Waals surface area contributed by atoms with Crippen molar-refractivity contribution >= 4 is 5.97 Å². The monoisotopic (exact) mass is 893 g/mol. The first-order valence-electron chi connectivity index (χ1n) is 26.6. The smallest absolute Gasteiger partial charge is 0.306 e. The van der Waals surface area contributed by atoms with Gasteiger partial charge in [0.05, 0.1) is 19.8 Å². The quantitative estimate of drug-likeness (QED) is 0.0268. The van der Waals surface area contributed by atoms with Crippen LogP contribution in [0, 0.1) is 0 Å². The lowest BCUT2D eigenvalue weighted by molar-refractivity contribution is -0.305. The van der Waals surface area contributed by atoms with Crippen molar-refractivity contribution in [1.82, 2.24) is 0 Å². The van der Waals surface area contributed by atoms with Crippen LogP contribution in [0.4, 0.5) is 0 Å². The van der Waals surface area contributed by atoms with E-state index in [1.165, 1.54) is 148 Å². The largest absolute Gasteiger partial charge is 0.457 e. The third-order valence-electron chi connectivity index (χ3n) is 12.3. The molecule has 1 heterocycles. The Morgan fingerprint density at radius 2 is 0.968 bits per heavy atom. The molecule has 0 bridgehead atoms. The number of hydrogen-bond donors (Lipinski definition) is 4. The number of carbonyl (C=O) groups is 1. The van der Waals surface area contributed by atoms with Gasteiger partial charge >= 0.3 is 5.97 Å². The summed E-state index contributed by atoms with van der Waals surface area (Å²) in [5.41, 5.74) is 0. The Hall–Kier alpha value is -1.59. The van der Waals surface area contributed by atoms with Crippen molar-refractivity contribution in [3.05, 3.63) is 36.5 Å². The van der Waals surface area contributed by atoms with E-state index in [2.05, 4.69) is 50.3 Å². The van der Waals surface area contributed by atoms with E-state index in [0.29, 0.717) is 13.0 Å². The molecule has 1 rings (SSSR count). The molecule has 1 fully saturated rings. The first-order valence-corrected chi connectivity index (χ1v) is 26.6. The van der Waals surface area contributed by atoms with Gasteiger partial charge in [0.15, 0.2) is 6.29 Å². The lowest BCUT2D eigenvalue weighted by atomic mass is 9.99. The summed E-state index contributed by atoms with van der Waals surface area (Å²) >= 11 is 0. The molecule has 6 unspecified atom stereocenters. The molecule has 0 aromatic carbocycles. The third-order valence-corrected chi connectivity index (χ3v) is 12.3. The Bertz CT molecular complexity index is 1060.